The Morgan fingerprint density at radius 3 is 2.46 bits per heavy atom. The van der Waals surface area contributed by atoms with Gasteiger partial charge in [-0.15, -0.1) is 0 Å². The molecule has 0 spiro atoms. The Kier molecular flexibility index (Phi) is 2.70. The minimum atomic E-state index is -4.95. The maximum absolute atomic E-state index is 12.3. The van der Waals surface area contributed by atoms with E-state index in [0.29, 0.717) is 0 Å². The molecule has 0 aliphatic rings. The molecule has 1 aromatic heterocycles. The largest absolute Gasteiger partial charge is 0.513 e. The Bertz CT molecular complexity index is 282. The summed E-state index contributed by atoms with van der Waals surface area (Å²) in [4.78, 5) is 1.63. The first kappa shape index (κ1) is 10.2. The molecule has 0 radical (unpaired) electrons. The van der Waals surface area contributed by atoms with Gasteiger partial charge >= 0.3 is 6.98 Å². The molecule has 0 aliphatic carbocycles. The molecule has 1 rings (SSSR count). The molecule has 0 bridgehead atoms. The van der Waals surface area contributed by atoms with Crippen molar-refractivity contribution in [2.24, 2.45) is 0 Å². The van der Waals surface area contributed by atoms with Gasteiger partial charge in [0.2, 0.25) is 0 Å². The quantitative estimate of drug-likeness (QED) is 0.672. The zero-order valence-electron chi connectivity index (χ0n) is 7.43. The smallest absolute Gasteiger partial charge is 0.471 e. The van der Waals surface area contributed by atoms with Crippen LogP contribution in [-0.4, -0.2) is 26.0 Å². The van der Waals surface area contributed by atoms with Gasteiger partial charge in [-0.25, -0.2) is 0 Å². The summed E-state index contributed by atoms with van der Waals surface area (Å²) in [6.45, 7) is -4.78. The van der Waals surface area contributed by atoms with Crippen LogP contribution in [0.15, 0.2) is 16.7 Å². The Labute approximate surface area is 74.4 Å². The number of furan rings is 1. The Morgan fingerprint density at radius 2 is 2.00 bits per heavy atom. The van der Waals surface area contributed by atoms with Crippen molar-refractivity contribution in [2.75, 3.05) is 14.1 Å². The highest BCUT2D eigenvalue weighted by Gasteiger charge is 2.30. The summed E-state index contributed by atoms with van der Waals surface area (Å²) in [6, 6.07) is 0.971. The van der Waals surface area contributed by atoms with Crippen molar-refractivity contribution >= 4 is 12.4 Å². The van der Waals surface area contributed by atoms with E-state index in [2.05, 4.69) is 0 Å². The number of hydrogen-bond donors (Lipinski definition) is 0. The molecular formula is C7H10BF3NO-. The van der Waals surface area contributed by atoms with Crippen LogP contribution in [0.5, 0.6) is 0 Å². The molecule has 2 nitrogen and oxygen atoms in total. The Balaban J connectivity index is 2.90. The third-order valence-electron chi connectivity index (χ3n) is 1.59. The van der Waals surface area contributed by atoms with Crippen molar-refractivity contribution in [2.45, 2.75) is 6.54 Å². The topological polar surface area (TPSA) is 16.4 Å². The number of hydrogen-bond acceptors (Lipinski definition) is 2. The van der Waals surface area contributed by atoms with Crippen LogP contribution in [0.2, 0.25) is 0 Å². The molecule has 6 heteroatoms. The van der Waals surface area contributed by atoms with Crippen LogP contribution in [0, 0.1) is 0 Å². The van der Waals surface area contributed by atoms with Gasteiger partial charge in [0.1, 0.15) is 0 Å². The highest BCUT2D eigenvalue weighted by Crippen LogP contribution is 2.13. The molecule has 13 heavy (non-hydrogen) atoms. The van der Waals surface area contributed by atoms with Gasteiger partial charge in [-0.3, -0.25) is 0 Å². The van der Waals surface area contributed by atoms with E-state index in [9.17, 15) is 12.9 Å². The van der Waals surface area contributed by atoms with Crippen molar-refractivity contribution < 1.29 is 17.4 Å². The Morgan fingerprint density at radius 1 is 1.38 bits per heavy atom. The lowest BCUT2D eigenvalue weighted by Crippen LogP contribution is -2.36. The van der Waals surface area contributed by atoms with Crippen molar-refractivity contribution in [3.05, 3.63) is 18.1 Å². The van der Waals surface area contributed by atoms with Crippen LogP contribution < -0.4 is 5.46 Å². The second-order valence-corrected chi connectivity index (χ2v) is 3.11. The van der Waals surface area contributed by atoms with Gasteiger partial charge < -0.3 is 22.3 Å². The lowest BCUT2D eigenvalue weighted by Gasteiger charge is -2.16. The first-order valence-corrected chi connectivity index (χ1v) is 3.82. The predicted molar refractivity (Wildman–Crippen MR) is 44.8 cm³/mol. The average molecular weight is 192 g/mol. The first-order chi connectivity index (χ1) is 5.91. The average Bonchev–Trinajstić information content (AvgIpc) is 2.31. The van der Waals surface area contributed by atoms with Crippen molar-refractivity contribution in [3.63, 3.8) is 0 Å². The van der Waals surface area contributed by atoms with Gasteiger partial charge in [-0.1, -0.05) is 11.5 Å². The van der Waals surface area contributed by atoms with Crippen LogP contribution in [-0.2, 0) is 6.54 Å². The fourth-order valence-electron chi connectivity index (χ4n) is 1.06. The SMILES string of the molecule is CN(C)Cc1occc1[B-](F)(F)F. The molecular weight excluding hydrogens is 182 g/mol. The van der Waals surface area contributed by atoms with Crippen LogP contribution in [0.3, 0.4) is 0 Å². The molecule has 0 aliphatic heterocycles. The lowest BCUT2D eigenvalue weighted by atomic mass is 9.80. The summed E-state index contributed by atoms with van der Waals surface area (Å²) < 4.78 is 41.7. The highest BCUT2D eigenvalue weighted by atomic mass is 19.4. The molecule has 1 heterocycles. The molecule has 0 N–H and O–H groups in total. The maximum Gasteiger partial charge on any atom is 0.513 e. The third-order valence-corrected chi connectivity index (χ3v) is 1.59. The van der Waals surface area contributed by atoms with E-state index in [1.54, 1.807) is 19.0 Å². The second kappa shape index (κ2) is 3.45. The Hall–Kier alpha value is -0.905. The number of halogens is 3. The van der Waals surface area contributed by atoms with E-state index in [-0.39, 0.29) is 12.3 Å². The summed E-state index contributed by atoms with van der Waals surface area (Å²) >= 11 is 0. The molecule has 0 atom stereocenters. The van der Waals surface area contributed by atoms with E-state index >= 15 is 0 Å². The summed E-state index contributed by atoms with van der Waals surface area (Å²) in [5.74, 6) is -0.0162. The minimum absolute atomic E-state index is 0.0162. The van der Waals surface area contributed by atoms with E-state index in [1.165, 1.54) is 0 Å². The van der Waals surface area contributed by atoms with Gasteiger partial charge in [-0.05, 0) is 14.1 Å². The number of nitrogens with zero attached hydrogens (tertiary/aromatic N) is 1. The summed E-state index contributed by atoms with van der Waals surface area (Å²) in [5.41, 5.74) is -0.631. The predicted octanol–water partition coefficient (Wildman–Crippen LogP) is 1.40. The zero-order valence-corrected chi connectivity index (χ0v) is 7.43. The van der Waals surface area contributed by atoms with Crippen molar-refractivity contribution in [1.82, 2.24) is 4.90 Å². The standard InChI is InChI=1S/C7H10BF3NO/c1-12(2)5-7-6(3-4-13-7)8(9,10)11/h3-4H,5H2,1-2H3/q-1. The van der Waals surface area contributed by atoms with Crippen LogP contribution in [0.25, 0.3) is 0 Å². The summed E-state index contributed by atoms with van der Waals surface area (Å²) in [5, 5.41) is 0. The molecule has 0 saturated carbocycles. The molecule has 0 fully saturated rings. The lowest BCUT2D eigenvalue weighted by molar-refractivity contribution is 0.351. The molecule has 0 aromatic carbocycles. The van der Waals surface area contributed by atoms with E-state index < -0.39 is 12.4 Å². The monoisotopic (exact) mass is 192 g/mol. The molecule has 74 valence electrons. The van der Waals surface area contributed by atoms with Crippen molar-refractivity contribution in [3.8, 4) is 0 Å². The van der Waals surface area contributed by atoms with Gasteiger partial charge in [0.25, 0.3) is 0 Å². The number of rotatable bonds is 3. The van der Waals surface area contributed by atoms with Crippen LogP contribution >= 0.6 is 0 Å². The van der Waals surface area contributed by atoms with Gasteiger partial charge in [0.15, 0.2) is 0 Å². The van der Waals surface area contributed by atoms with Gasteiger partial charge in [0.05, 0.1) is 18.6 Å². The summed E-state index contributed by atoms with van der Waals surface area (Å²) in [6.07, 6.45) is 1.07. The second-order valence-electron chi connectivity index (χ2n) is 3.11. The van der Waals surface area contributed by atoms with Gasteiger partial charge in [-0.2, -0.15) is 0 Å². The third kappa shape index (κ3) is 2.52. The highest BCUT2D eigenvalue weighted by molar-refractivity contribution is 6.73. The van der Waals surface area contributed by atoms with E-state index in [0.717, 1.165) is 12.3 Å². The first-order valence-electron chi connectivity index (χ1n) is 3.82. The maximum atomic E-state index is 12.3. The fraction of sp³-hybridized carbons (Fsp3) is 0.429. The fourth-order valence-corrected chi connectivity index (χ4v) is 1.06. The van der Waals surface area contributed by atoms with E-state index in [4.69, 9.17) is 4.42 Å². The normalized spacial score (nSPS) is 12.5. The molecule has 1 aromatic rings. The molecule has 0 unspecified atom stereocenters. The molecule has 0 saturated heterocycles. The van der Waals surface area contributed by atoms with Crippen molar-refractivity contribution in [1.29, 1.82) is 0 Å². The van der Waals surface area contributed by atoms with Crippen LogP contribution in [0.1, 0.15) is 5.76 Å². The minimum Gasteiger partial charge on any atom is -0.471 e. The van der Waals surface area contributed by atoms with Gasteiger partial charge in [0, 0.05) is 0 Å². The van der Waals surface area contributed by atoms with Crippen LogP contribution in [0.4, 0.5) is 12.9 Å². The summed E-state index contributed by atoms with van der Waals surface area (Å²) in [7, 11) is 3.38. The van der Waals surface area contributed by atoms with E-state index in [1.807, 2.05) is 0 Å². The zero-order chi connectivity index (χ0) is 10.1. The molecule has 0 amide bonds.